The number of benzene rings is 3. The Balaban J connectivity index is 1.83. The summed E-state index contributed by atoms with van der Waals surface area (Å²) in [5.41, 5.74) is 0.265. The van der Waals surface area contributed by atoms with Crippen LogP contribution in [0.25, 0.3) is 0 Å². The van der Waals surface area contributed by atoms with Gasteiger partial charge in [0.1, 0.15) is 10.6 Å². The lowest BCUT2D eigenvalue weighted by Gasteiger charge is -2.13. The molecule has 7 nitrogen and oxygen atoms in total. The molecule has 0 spiro atoms. The first kappa shape index (κ1) is 20.7. The minimum Gasteiger partial charge on any atom is -0.493 e. The minimum atomic E-state index is -4.10. The lowest BCUT2D eigenvalue weighted by atomic mass is 10.3. The van der Waals surface area contributed by atoms with Gasteiger partial charge in [0.15, 0.2) is 21.3 Å². The fourth-order valence-corrected chi connectivity index (χ4v) is 5.30. The molecule has 0 aliphatic heterocycles. The van der Waals surface area contributed by atoms with Crippen molar-refractivity contribution in [2.45, 2.75) is 9.79 Å². The highest BCUT2D eigenvalue weighted by Crippen LogP contribution is 2.31. The van der Waals surface area contributed by atoms with Gasteiger partial charge in [-0.25, -0.2) is 16.8 Å². The molecule has 3 rings (SSSR count). The Morgan fingerprint density at radius 3 is 1.86 bits per heavy atom. The van der Waals surface area contributed by atoms with Crippen molar-refractivity contribution in [3.05, 3.63) is 72.8 Å². The maximum Gasteiger partial charge on any atom is 0.263 e. The summed E-state index contributed by atoms with van der Waals surface area (Å²) in [5, 5.41) is 0. The van der Waals surface area contributed by atoms with Crippen molar-refractivity contribution in [3.63, 3.8) is 0 Å². The van der Waals surface area contributed by atoms with Gasteiger partial charge in [0.25, 0.3) is 10.0 Å². The van der Waals surface area contributed by atoms with E-state index in [0.717, 1.165) is 6.26 Å². The molecule has 0 amide bonds. The van der Waals surface area contributed by atoms with E-state index < -0.39 is 19.9 Å². The highest BCUT2D eigenvalue weighted by atomic mass is 32.2. The fraction of sp³-hybridized carbons (Fsp3) is 0.100. The second kappa shape index (κ2) is 8.14. The van der Waals surface area contributed by atoms with Crippen LogP contribution in [0.3, 0.4) is 0 Å². The van der Waals surface area contributed by atoms with Crippen LogP contribution < -0.4 is 14.2 Å². The van der Waals surface area contributed by atoms with Crippen LogP contribution in [0, 0.1) is 0 Å². The third kappa shape index (κ3) is 4.87. The monoisotopic (exact) mass is 433 g/mol. The summed E-state index contributed by atoms with van der Waals surface area (Å²) in [7, 11) is -6.27. The summed E-state index contributed by atoms with van der Waals surface area (Å²) in [6.07, 6.45) is 0.964. The molecule has 29 heavy (non-hydrogen) atoms. The maximum absolute atomic E-state index is 12.7. The number of nitrogens with one attached hydrogen (secondary N) is 1. The van der Waals surface area contributed by atoms with Crippen LogP contribution in [0.15, 0.2) is 82.6 Å². The van der Waals surface area contributed by atoms with Gasteiger partial charge in [0, 0.05) is 11.9 Å². The van der Waals surface area contributed by atoms with E-state index in [2.05, 4.69) is 4.72 Å². The Morgan fingerprint density at radius 1 is 0.724 bits per heavy atom. The van der Waals surface area contributed by atoms with Crippen LogP contribution in [0.5, 0.6) is 17.2 Å². The number of rotatable bonds is 7. The third-order valence-electron chi connectivity index (χ3n) is 3.94. The van der Waals surface area contributed by atoms with Gasteiger partial charge < -0.3 is 9.47 Å². The highest BCUT2D eigenvalue weighted by Gasteiger charge is 2.23. The summed E-state index contributed by atoms with van der Waals surface area (Å²) in [4.78, 5) is -0.569. The van der Waals surface area contributed by atoms with E-state index in [1.807, 2.05) is 6.07 Å². The van der Waals surface area contributed by atoms with Crippen molar-refractivity contribution in [2.75, 3.05) is 18.1 Å². The summed E-state index contributed by atoms with van der Waals surface area (Å²) in [6, 6.07) is 18.8. The summed E-state index contributed by atoms with van der Waals surface area (Å²) in [6.45, 7) is 0. The predicted molar refractivity (Wildman–Crippen MR) is 110 cm³/mol. The fourth-order valence-electron chi connectivity index (χ4n) is 2.61. The molecule has 3 aromatic carbocycles. The molecular weight excluding hydrogens is 414 g/mol. The van der Waals surface area contributed by atoms with Gasteiger partial charge in [0.2, 0.25) is 0 Å². The molecule has 0 saturated carbocycles. The van der Waals surface area contributed by atoms with Gasteiger partial charge in [-0.3, -0.25) is 4.72 Å². The number of methoxy groups -OCH3 is 1. The van der Waals surface area contributed by atoms with Crippen LogP contribution >= 0.6 is 0 Å². The van der Waals surface area contributed by atoms with Gasteiger partial charge in [-0.1, -0.05) is 24.3 Å². The number of sulfonamides is 1. The molecule has 9 heteroatoms. The van der Waals surface area contributed by atoms with Crippen LogP contribution in [0.1, 0.15) is 0 Å². The van der Waals surface area contributed by atoms with Crippen molar-refractivity contribution in [1.29, 1.82) is 0 Å². The first-order valence-electron chi connectivity index (χ1n) is 8.43. The number of ether oxygens (including phenoxy) is 2. The first-order valence-corrected chi connectivity index (χ1v) is 11.8. The molecule has 0 fully saturated rings. The zero-order valence-corrected chi connectivity index (χ0v) is 17.3. The predicted octanol–water partition coefficient (Wildman–Crippen LogP) is 3.69. The largest absolute Gasteiger partial charge is 0.493 e. The second-order valence-corrected chi connectivity index (χ2v) is 9.74. The topological polar surface area (TPSA) is 98.8 Å². The molecule has 0 radical (unpaired) electrons. The van der Waals surface area contributed by atoms with Crippen molar-refractivity contribution in [2.24, 2.45) is 0 Å². The summed E-state index contributed by atoms with van der Waals surface area (Å²) in [5.74, 6) is 1.56. The zero-order chi connectivity index (χ0) is 21.1. The highest BCUT2D eigenvalue weighted by molar-refractivity contribution is 7.95. The van der Waals surface area contributed by atoms with Crippen LogP contribution in [-0.4, -0.2) is 30.2 Å². The van der Waals surface area contributed by atoms with E-state index >= 15 is 0 Å². The molecule has 0 atom stereocenters. The molecule has 0 heterocycles. The van der Waals surface area contributed by atoms with Crippen LogP contribution in [-0.2, 0) is 19.9 Å². The van der Waals surface area contributed by atoms with Gasteiger partial charge in [-0.2, -0.15) is 0 Å². The molecule has 0 aliphatic rings. The van der Waals surface area contributed by atoms with E-state index in [-0.39, 0.29) is 15.5 Å². The third-order valence-corrected chi connectivity index (χ3v) is 6.67. The number of hydrogen-bond acceptors (Lipinski definition) is 6. The molecule has 0 unspecified atom stereocenters. The van der Waals surface area contributed by atoms with Crippen molar-refractivity contribution < 1.29 is 26.3 Å². The van der Waals surface area contributed by atoms with Gasteiger partial charge in [-0.15, -0.1) is 0 Å². The molecule has 0 bridgehead atoms. The maximum atomic E-state index is 12.7. The molecule has 0 aliphatic carbocycles. The van der Waals surface area contributed by atoms with E-state index in [9.17, 15) is 16.8 Å². The smallest absolute Gasteiger partial charge is 0.263 e. The Bertz CT molecular complexity index is 1220. The van der Waals surface area contributed by atoms with Gasteiger partial charge in [0.05, 0.1) is 12.0 Å². The van der Waals surface area contributed by atoms with Gasteiger partial charge in [-0.05, 0) is 48.5 Å². The normalized spacial score (nSPS) is 11.7. The van der Waals surface area contributed by atoms with Crippen LogP contribution in [0.2, 0.25) is 0 Å². The van der Waals surface area contributed by atoms with Gasteiger partial charge >= 0.3 is 0 Å². The van der Waals surface area contributed by atoms with E-state index in [1.165, 1.54) is 43.5 Å². The lowest BCUT2D eigenvalue weighted by molar-refractivity contribution is 0.379. The Kier molecular flexibility index (Phi) is 5.81. The van der Waals surface area contributed by atoms with Crippen molar-refractivity contribution in [3.8, 4) is 17.2 Å². The molecule has 0 saturated heterocycles. The first-order chi connectivity index (χ1) is 13.7. The number of sulfone groups is 1. The minimum absolute atomic E-state index is 0.261. The Labute approximate surface area is 169 Å². The number of hydrogen-bond donors (Lipinski definition) is 1. The Hall–Kier alpha value is -3.04. The standard InChI is InChI=1S/C20H19NO6S2/c1-26-17-7-3-4-8-18(17)27-16-13-11-15(12-14-16)21-29(24,25)20-10-6-5-9-19(20)28(2,22)23/h3-14,21H,1-2H3. The molecular formula is C20H19NO6S2. The summed E-state index contributed by atoms with van der Waals surface area (Å²) >= 11 is 0. The average Bonchev–Trinajstić information content (AvgIpc) is 2.69. The molecule has 1 N–H and O–H groups in total. The quantitative estimate of drug-likeness (QED) is 0.610. The second-order valence-electron chi connectivity index (χ2n) is 6.10. The molecule has 0 aromatic heterocycles. The zero-order valence-electron chi connectivity index (χ0n) is 15.7. The van der Waals surface area contributed by atoms with Crippen molar-refractivity contribution >= 4 is 25.5 Å². The summed E-state index contributed by atoms with van der Waals surface area (Å²) < 4.78 is 62.6. The lowest BCUT2D eigenvalue weighted by Crippen LogP contribution is -2.16. The van der Waals surface area contributed by atoms with E-state index in [4.69, 9.17) is 9.47 Å². The van der Waals surface area contributed by atoms with Crippen LogP contribution in [0.4, 0.5) is 5.69 Å². The molecule has 152 valence electrons. The van der Waals surface area contributed by atoms with E-state index in [0.29, 0.717) is 17.2 Å². The molecule has 3 aromatic rings. The van der Waals surface area contributed by atoms with Crippen molar-refractivity contribution in [1.82, 2.24) is 0 Å². The number of para-hydroxylation sites is 2. The van der Waals surface area contributed by atoms with E-state index in [1.54, 1.807) is 30.3 Å². The number of anilines is 1. The SMILES string of the molecule is COc1ccccc1Oc1ccc(NS(=O)(=O)c2ccccc2S(C)(=O)=O)cc1. The Morgan fingerprint density at radius 2 is 1.28 bits per heavy atom. The average molecular weight is 434 g/mol.